The third-order valence-corrected chi connectivity index (χ3v) is 7.30. The number of benzene rings is 1. The minimum absolute atomic E-state index is 0.00283. The minimum Gasteiger partial charge on any atom is -0.370 e. The number of halogens is 3. The number of nitrogens with zero attached hydrogens (tertiary/aromatic N) is 4. The van der Waals surface area contributed by atoms with Crippen molar-refractivity contribution >= 4 is 17.5 Å². The number of hydrogen-bond acceptors (Lipinski definition) is 4. The van der Waals surface area contributed by atoms with E-state index in [9.17, 15) is 22.8 Å². The van der Waals surface area contributed by atoms with E-state index in [0.717, 1.165) is 31.7 Å². The molecule has 6 nitrogen and oxygen atoms in total. The molecule has 0 N–H and O–H groups in total. The number of amides is 2. The largest absolute Gasteiger partial charge is 0.417 e. The second-order valence-electron chi connectivity index (χ2n) is 9.68. The van der Waals surface area contributed by atoms with E-state index in [4.69, 9.17) is 5.26 Å². The fraction of sp³-hybridized carbons (Fsp3) is 0.625. The number of rotatable bonds is 4. The molecule has 0 unspecified atom stereocenters. The van der Waals surface area contributed by atoms with Gasteiger partial charge < -0.3 is 14.7 Å². The Balaban J connectivity index is 1.54. The van der Waals surface area contributed by atoms with Gasteiger partial charge in [0.25, 0.3) is 0 Å². The Morgan fingerprint density at radius 1 is 1.09 bits per heavy atom. The maximum atomic E-state index is 13.5. The molecule has 1 aliphatic carbocycles. The van der Waals surface area contributed by atoms with Crippen molar-refractivity contribution in [3.63, 3.8) is 0 Å². The van der Waals surface area contributed by atoms with Crippen molar-refractivity contribution in [1.82, 2.24) is 9.80 Å². The van der Waals surface area contributed by atoms with Gasteiger partial charge in [0, 0.05) is 51.9 Å². The topological polar surface area (TPSA) is 67.7 Å². The van der Waals surface area contributed by atoms with Gasteiger partial charge in [0.05, 0.1) is 23.1 Å². The van der Waals surface area contributed by atoms with Crippen molar-refractivity contribution < 1.29 is 22.8 Å². The van der Waals surface area contributed by atoms with Crippen LogP contribution in [0.25, 0.3) is 0 Å². The Hall–Kier alpha value is -2.76. The summed E-state index contributed by atoms with van der Waals surface area (Å²) in [5.74, 6) is 0.311. The van der Waals surface area contributed by atoms with E-state index in [-0.39, 0.29) is 35.5 Å². The van der Waals surface area contributed by atoms with Crippen LogP contribution in [0.15, 0.2) is 18.2 Å². The van der Waals surface area contributed by atoms with Gasteiger partial charge in [-0.3, -0.25) is 9.59 Å². The third kappa shape index (κ3) is 4.80. The second kappa shape index (κ2) is 8.88. The Bertz CT molecular complexity index is 959. The monoisotopic (exact) mass is 462 g/mol. The number of anilines is 1. The zero-order valence-corrected chi connectivity index (χ0v) is 18.9. The average Bonchev–Trinajstić information content (AvgIpc) is 3.55. The summed E-state index contributed by atoms with van der Waals surface area (Å²) in [5, 5.41) is 9.08. The van der Waals surface area contributed by atoms with Crippen molar-refractivity contribution in [3.8, 4) is 6.07 Å². The lowest BCUT2D eigenvalue weighted by molar-refractivity contribution is -0.138. The van der Waals surface area contributed by atoms with Crippen LogP contribution in [-0.2, 0) is 15.8 Å². The number of nitriles is 1. The SMILES string of the molecule is CN(C)C(=O)[C@@H]1CN(c2ccc(C#N)c(C(F)(F)F)c2)C[C@H]1C1CCN(C(=O)C2CC2)CC1. The van der Waals surface area contributed by atoms with Crippen LogP contribution in [0.3, 0.4) is 0 Å². The summed E-state index contributed by atoms with van der Waals surface area (Å²) in [6.07, 6.45) is -1.08. The van der Waals surface area contributed by atoms with Gasteiger partial charge in [-0.15, -0.1) is 0 Å². The highest BCUT2D eigenvalue weighted by Gasteiger charge is 2.45. The first-order chi connectivity index (χ1) is 15.6. The summed E-state index contributed by atoms with van der Waals surface area (Å²) in [4.78, 5) is 30.7. The van der Waals surface area contributed by atoms with Crippen LogP contribution in [0.5, 0.6) is 0 Å². The number of carbonyl (C=O) groups is 2. The number of hydrogen-bond donors (Lipinski definition) is 0. The molecule has 33 heavy (non-hydrogen) atoms. The predicted octanol–water partition coefficient (Wildman–Crippen LogP) is 3.37. The number of alkyl halides is 3. The van der Waals surface area contributed by atoms with E-state index in [0.29, 0.717) is 31.9 Å². The smallest absolute Gasteiger partial charge is 0.370 e. The van der Waals surface area contributed by atoms with Gasteiger partial charge in [-0.25, -0.2) is 0 Å². The van der Waals surface area contributed by atoms with E-state index in [1.54, 1.807) is 25.1 Å². The van der Waals surface area contributed by atoms with Crippen LogP contribution in [0, 0.1) is 35.0 Å². The molecule has 0 spiro atoms. The molecule has 0 radical (unpaired) electrons. The van der Waals surface area contributed by atoms with Gasteiger partial charge in [-0.05, 0) is 55.7 Å². The standard InChI is InChI=1S/C24H29F3N4O2/c1-29(2)23(33)20-14-31(18-6-5-17(12-28)21(11-18)24(25,26)27)13-19(20)15-7-9-30(10-8-15)22(32)16-3-4-16/h5-6,11,15-16,19-20H,3-4,7-10,13-14H2,1-2H3/t19-,20+/m0/s1. The maximum absolute atomic E-state index is 13.5. The molecule has 0 aromatic heterocycles. The Morgan fingerprint density at radius 2 is 1.76 bits per heavy atom. The molecule has 0 bridgehead atoms. The third-order valence-electron chi connectivity index (χ3n) is 7.30. The zero-order valence-electron chi connectivity index (χ0n) is 18.9. The van der Waals surface area contributed by atoms with Crippen molar-refractivity contribution in [3.05, 3.63) is 29.3 Å². The van der Waals surface area contributed by atoms with Gasteiger partial charge in [-0.1, -0.05) is 0 Å². The van der Waals surface area contributed by atoms with Crippen molar-refractivity contribution in [1.29, 1.82) is 5.26 Å². The van der Waals surface area contributed by atoms with Crippen molar-refractivity contribution in [2.24, 2.45) is 23.7 Å². The molecule has 1 saturated carbocycles. The summed E-state index contributed by atoms with van der Waals surface area (Å²) in [7, 11) is 3.39. The molecule has 2 heterocycles. The van der Waals surface area contributed by atoms with Gasteiger partial charge >= 0.3 is 6.18 Å². The van der Waals surface area contributed by atoms with Crippen LogP contribution in [0.4, 0.5) is 18.9 Å². The quantitative estimate of drug-likeness (QED) is 0.688. The molecule has 4 rings (SSSR count). The molecule has 9 heteroatoms. The van der Waals surface area contributed by atoms with E-state index in [1.807, 2.05) is 9.80 Å². The second-order valence-corrected chi connectivity index (χ2v) is 9.68. The molecular formula is C24H29F3N4O2. The van der Waals surface area contributed by atoms with E-state index >= 15 is 0 Å². The lowest BCUT2D eigenvalue weighted by Gasteiger charge is -2.36. The highest BCUT2D eigenvalue weighted by molar-refractivity contribution is 5.81. The first-order valence-corrected chi connectivity index (χ1v) is 11.5. The van der Waals surface area contributed by atoms with E-state index in [2.05, 4.69) is 0 Å². The lowest BCUT2D eigenvalue weighted by Crippen LogP contribution is -2.43. The molecule has 2 amide bonds. The molecule has 3 aliphatic rings. The van der Waals surface area contributed by atoms with Gasteiger partial charge in [0.2, 0.25) is 11.8 Å². The molecular weight excluding hydrogens is 433 g/mol. The fourth-order valence-electron chi connectivity index (χ4n) is 5.31. The minimum atomic E-state index is -4.63. The van der Waals surface area contributed by atoms with Gasteiger partial charge in [0.15, 0.2) is 0 Å². The van der Waals surface area contributed by atoms with Crippen LogP contribution < -0.4 is 4.90 Å². The summed E-state index contributed by atoms with van der Waals surface area (Å²) in [5.41, 5.74) is -0.981. The molecule has 2 aliphatic heterocycles. The van der Waals surface area contributed by atoms with Crippen LogP contribution >= 0.6 is 0 Å². The average molecular weight is 463 g/mol. The highest BCUT2D eigenvalue weighted by atomic mass is 19.4. The summed E-state index contributed by atoms with van der Waals surface area (Å²) in [6, 6.07) is 5.38. The van der Waals surface area contributed by atoms with E-state index in [1.165, 1.54) is 12.1 Å². The molecule has 1 aromatic carbocycles. The number of piperidine rings is 1. The molecule has 2 atom stereocenters. The normalized spacial score (nSPS) is 24.0. The lowest BCUT2D eigenvalue weighted by atomic mass is 9.78. The van der Waals surface area contributed by atoms with E-state index < -0.39 is 17.3 Å². The summed E-state index contributed by atoms with van der Waals surface area (Å²) in [6.45, 7) is 2.17. The number of carbonyl (C=O) groups excluding carboxylic acids is 2. The van der Waals surface area contributed by atoms with Gasteiger partial charge in [0.1, 0.15) is 0 Å². The Morgan fingerprint density at radius 3 is 2.30 bits per heavy atom. The van der Waals surface area contributed by atoms with Gasteiger partial charge in [-0.2, -0.15) is 18.4 Å². The highest BCUT2D eigenvalue weighted by Crippen LogP contribution is 2.41. The Kier molecular flexibility index (Phi) is 6.30. The molecule has 1 aromatic rings. The number of likely N-dealkylation sites (tertiary alicyclic amines) is 1. The fourth-order valence-corrected chi connectivity index (χ4v) is 5.31. The predicted molar refractivity (Wildman–Crippen MR) is 116 cm³/mol. The zero-order chi connectivity index (χ0) is 23.9. The first kappa shape index (κ1) is 23.4. The molecule has 3 fully saturated rings. The van der Waals surface area contributed by atoms with Crippen LogP contribution in [0.1, 0.15) is 36.8 Å². The summed E-state index contributed by atoms with van der Waals surface area (Å²) < 4.78 is 40.4. The molecule has 2 saturated heterocycles. The van der Waals surface area contributed by atoms with Crippen molar-refractivity contribution in [2.75, 3.05) is 45.2 Å². The first-order valence-electron chi connectivity index (χ1n) is 11.5. The molecule has 178 valence electrons. The van der Waals surface area contributed by atoms with Crippen LogP contribution in [-0.4, -0.2) is 61.9 Å². The van der Waals surface area contributed by atoms with Crippen molar-refractivity contribution in [2.45, 2.75) is 31.9 Å². The van der Waals surface area contributed by atoms with Crippen LogP contribution in [0.2, 0.25) is 0 Å². The Labute approximate surface area is 191 Å². The summed E-state index contributed by atoms with van der Waals surface area (Å²) >= 11 is 0. The maximum Gasteiger partial charge on any atom is 0.417 e.